The van der Waals surface area contributed by atoms with Gasteiger partial charge in [-0.1, -0.05) is 18.2 Å². The first-order valence-corrected chi connectivity index (χ1v) is 7.49. The van der Waals surface area contributed by atoms with Gasteiger partial charge in [0.1, 0.15) is 0 Å². The molecule has 2 aromatic carbocycles. The number of aryl methyl sites for hydroxylation is 1. The van der Waals surface area contributed by atoms with Gasteiger partial charge in [0.05, 0.1) is 10.6 Å². The van der Waals surface area contributed by atoms with Gasteiger partial charge in [0.2, 0.25) is 0 Å². The fourth-order valence-electron chi connectivity index (χ4n) is 1.81. The van der Waals surface area contributed by atoms with Crippen LogP contribution in [0.3, 0.4) is 0 Å². The van der Waals surface area contributed by atoms with E-state index in [0.717, 1.165) is 5.56 Å². The molecule has 5 heteroatoms. The maximum atomic E-state index is 12.3. The second kappa shape index (κ2) is 5.46. The number of hydrogen-bond acceptors (Lipinski definition) is 3. The predicted molar refractivity (Wildman–Crippen MR) is 77.3 cm³/mol. The lowest BCUT2D eigenvalue weighted by molar-refractivity contribution is 0.101. The second-order valence-corrected chi connectivity index (χ2v) is 6.10. The lowest BCUT2D eigenvalue weighted by Crippen LogP contribution is -2.15. The molecular formula is C15H14NO3S. The van der Waals surface area contributed by atoms with Crippen LogP contribution in [-0.2, 0) is 10.0 Å². The Balaban J connectivity index is 2.41. The molecule has 1 radical (unpaired) electrons. The molecule has 2 rings (SSSR count). The van der Waals surface area contributed by atoms with Crippen molar-refractivity contribution < 1.29 is 13.2 Å². The van der Waals surface area contributed by atoms with Gasteiger partial charge in [0, 0.05) is 5.56 Å². The van der Waals surface area contributed by atoms with Gasteiger partial charge < -0.3 is 0 Å². The summed E-state index contributed by atoms with van der Waals surface area (Å²) in [6.45, 7) is 3.16. The second-order valence-electron chi connectivity index (χ2n) is 4.41. The third-order valence-electron chi connectivity index (χ3n) is 2.78. The molecule has 0 atom stereocenters. The summed E-state index contributed by atoms with van der Waals surface area (Å²) in [6.07, 6.45) is 0. The normalized spacial score (nSPS) is 11.1. The minimum Gasteiger partial charge on any atom is -0.294 e. The lowest BCUT2D eigenvalue weighted by atomic mass is 10.1. The summed E-state index contributed by atoms with van der Waals surface area (Å²) in [5.74, 6) is -0.194. The average molecular weight is 288 g/mol. The Kier molecular flexibility index (Phi) is 3.90. The molecule has 0 spiro atoms. The highest BCUT2D eigenvalue weighted by Crippen LogP contribution is 2.20. The average Bonchev–Trinajstić information content (AvgIpc) is 2.38. The molecule has 0 aliphatic rings. The third-order valence-corrected chi connectivity index (χ3v) is 4.14. The van der Waals surface area contributed by atoms with Crippen LogP contribution in [-0.4, -0.2) is 14.2 Å². The quantitative estimate of drug-likeness (QED) is 0.880. The third kappa shape index (κ3) is 3.05. The maximum Gasteiger partial charge on any atom is 0.261 e. The number of nitrogens with one attached hydrogen (secondary N) is 1. The van der Waals surface area contributed by atoms with Crippen molar-refractivity contribution >= 4 is 21.5 Å². The summed E-state index contributed by atoms with van der Waals surface area (Å²) >= 11 is 0. The van der Waals surface area contributed by atoms with E-state index in [4.69, 9.17) is 0 Å². The van der Waals surface area contributed by atoms with Crippen LogP contribution in [0.25, 0.3) is 0 Å². The SMILES string of the molecule is CC(=O)c1ccccc1NS(=O)(=O)c1cc[c]c(C)c1. The van der Waals surface area contributed by atoms with Gasteiger partial charge in [-0.3, -0.25) is 9.52 Å². The van der Waals surface area contributed by atoms with Crippen LogP contribution in [0.1, 0.15) is 22.8 Å². The van der Waals surface area contributed by atoms with Gasteiger partial charge >= 0.3 is 0 Å². The zero-order chi connectivity index (χ0) is 14.8. The van der Waals surface area contributed by atoms with Crippen molar-refractivity contribution in [3.05, 3.63) is 59.7 Å². The Labute approximate surface area is 118 Å². The fraction of sp³-hybridized carbons (Fsp3) is 0.133. The minimum atomic E-state index is -3.71. The largest absolute Gasteiger partial charge is 0.294 e. The summed E-state index contributed by atoms with van der Waals surface area (Å²) in [5, 5.41) is 0. The van der Waals surface area contributed by atoms with E-state index < -0.39 is 10.0 Å². The molecule has 0 saturated heterocycles. The molecule has 0 fully saturated rings. The number of Topliss-reactive ketones (excluding diaryl/α,β-unsaturated/α-hetero) is 1. The lowest BCUT2D eigenvalue weighted by Gasteiger charge is -2.11. The van der Waals surface area contributed by atoms with Crippen LogP contribution in [0.4, 0.5) is 5.69 Å². The first-order chi connectivity index (χ1) is 9.40. The van der Waals surface area contributed by atoms with E-state index in [0.29, 0.717) is 5.56 Å². The number of carbonyl (C=O) groups excluding carboxylic acids is 1. The van der Waals surface area contributed by atoms with Crippen molar-refractivity contribution in [3.63, 3.8) is 0 Å². The number of hydrogen-bond donors (Lipinski definition) is 1. The number of para-hydroxylation sites is 1. The van der Waals surface area contributed by atoms with Gasteiger partial charge in [-0.25, -0.2) is 8.42 Å². The molecule has 0 unspecified atom stereocenters. The number of rotatable bonds is 4. The Hall–Kier alpha value is -2.14. The molecule has 1 N–H and O–H groups in total. The van der Waals surface area contributed by atoms with Crippen molar-refractivity contribution in [2.45, 2.75) is 18.7 Å². The van der Waals surface area contributed by atoms with Crippen LogP contribution in [0.5, 0.6) is 0 Å². The Morgan fingerprint density at radius 2 is 1.90 bits per heavy atom. The fourth-order valence-corrected chi connectivity index (χ4v) is 2.97. The number of benzene rings is 2. The van der Waals surface area contributed by atoms with E-state index in [-0.39, 0.29) is 16.4 Å². The Morgan fingerprint density at radius 1 is 1.20 bits per heavy atom. The number of anilines is 1. The molecule has 0 aliphatic heterocycles. The zero-order valence-electron chi connectivity index (χ0n) is 11.2. The molecule has 2 aromatic rings. The molecule has 0 amide bonds. The molecule has 0 heterocycles. The molecular weight excluding hydrogens is 274 g/mol. The van der Waals surface area contributed by atoms with Crippen molar-refractivity contribution in [1.29, 1.82) is 0 Å². The van der Waals surface area contributed by atoms with Gasteiger partial charge in [-0.2, -0.15) is 0 Å². The summed E-state index contributed by atoms with van der Waals surface area (Å²) in [7, 11) is -3.71. The van der Waals surface area contributed by atoms with Gasteiger partial charge in [0.25, 0.3) is 10.0 Å². The molecule has 0 bridgehead atoms. The van der Waals surface area contributed by atoms with E-state index >= 15 is 0 Å². The Morgan fingerprint density at radius 3 is 2.55 bits per heavy atom. The molecule has 0 aromatic heterocycles. The molecule has 103 valence electrons. The van der Waals surface area contributed by atoms with Crippen molar-refractivity contribution in [3.8, 4) is 0 Å². The summed E-state index contributed by atoms with van der Waals surface area (Å²) in [6, 6.07) is 14.0. The summed E-state index contributed by atoms with van der Waals surface area (Å²) < 4.78 is 27.0. The van der Waals surface area contributed by atoms with E-state index in [1.807, 2.05) is 0 Å². The highest BCUT2D eigenvalue weighted by molar-refractivity contribution is 7.92. The van der Waals surface area contributed by atoms with Crippen LogP contribution < -0.4 is 4.72 Å². The minimum absolute atomic E-state index is 0.145. The zero-order valence-corrected chi connectivity index (χ0v) is 12.0. The molecule has 0 aliphatic carbocycles. The Bertz CT molecular complexity index is 751. The van der Waals surface area contributed by atoms with Crippen LogP contribution in [0.15, 0.2) is 47.4 Å². The maximum absolute atomic E-state index is 12.3. The molecule has 4 nitrogen and oxygen atoms in total. The first kappa shape index (κ1) is 14.3. The molecule has 0 saturated carbocycles. The highest BCUT2D eigenvalue weighted by Gasteiger charge is 2.17. The topological polar surface area (TPSA) is 63.2 Å². The van der Waals surface area contributed by atoms with E-state index in [9.17, 15) is 13.2 Å². The highest BCUT2D eigenvalue weighted by atomic mass is 32.2. The van der Waals surface area contributed by atoms with Gasteiger partial charge in [-0.05, 0) is 49.7 Å². The van der Waals surface area contributed by atoms with E-state index in [1.54, 1.807) is 37.3 Å². The summed E-state index contributed by atoms with van der Waals surface area (Å²) in [5.41, 5.74) is 1.36. The van der Waals surface area contributed by atoms with Gasteiger partial charge in [0.15, 0.2) is 5.78 Å². The monoisotopic (exact) mass is 288 g/mol. The van der Waals surface area contributed by atoms with Crippen molar-refractivity contribution in [1.82, 2.24) is 0 Å². The summed E-state index contributed by atoms with van der Waals surface area (Å²) in [4.78, 5) is 11.6. The molecule has 20 heavy (non-hydrogen) atoms. The number of sulfonamides is 1. The van der Waals surface area contributed by atoms with Gasteiger partial charge in [-0.15, -0.1) is 0 Å². The first-order valence-electron chi connectivity index (χ1n) is 6.01. The predicted octanol–water partition coefficient (Wildman–Crippen LogP) is 2.80. The van der Waals surface area contributed by atoms with Crippen LogP contribution in [0.2, 0.25) is 0 Å². The smallest absolute Gasteiger partial charge is 0.261 e. The number of carbonyl (C=O) groups is 1. The standard InChI is InChI=1S/C15H14NO3S/c1-11-6-5-7-13(10-11)20(18,19)16-15-9-4-3-8-14(15)12(2)17/h3-5,7-10,16H,1-2H3. The van der Waals surface area contributed by atoms with E-state index in [1.165, 1.54) is 19.1 Å². The van der Waals surface area contributed by atoms with Crippen LogP contribution >= 0.6 is 0 Å². The van der Waals surface area contributed by atoms with Crippen molar-refractivity contribution in [2.24, 2.45) is 0 Å². The van der Waals surface area contributed by atoms with Crippen molar-refractivity contribution in [2.75, 3.05) is 4.72 Å². The number of ketones is 1. The van der Waals surface area contributed by atoms with E-state index in [2.05, 4.69) is 10.8 Å². The van der Waals surface area contributed by atoms with Crippen LogP contribution in [0, 0.1) is 13.0 Å².